The van der Waals surface area contributed by atoms with E-state index in [4.69, 9.17) is 5.73 Å². The van der Waals surface area contributed by atoms with Crippen molar-refractivity contribution < 1.29 is 4.79 Å². The third-order valence-electron chi connectivity index (χ3n) is 5.66. The van der Waals surface area contributed by atoms with E-state index in [1.807, 2.05) is 11.9 Å². The number of piperidine rings is 1. The largest absolute Gasteiger partial charge is 0.342 e. The number of likely N-dealkylation sites (N-methyl/N-ethyl adjacent to an activating group) is 1. The molecule has 2 fully saturated rings. The highest BCUT2D eigenvalue weighted by molar-refractivity contribution is 5.78. The first-order chi connectivity index (χ1) is 9.97. The second-order valence-corrected chi connectivity index (χ2v) is 7.39. The zero-order valence-corrected chi connectivity index (χ0v) is 14.1. The number of amides is 1. The number of carbonyl (C=O) groups is 1. The lowest BCUT2D eigenvalue weighted by atomic mass is 9.86. The molecule has 1 aliphatic heterocycles. The Balaban J connectivity index is 1.74. The first-order valence-corrected chi connectivity index (χ1v) is 8.71. The molecule has 2 aliphatic rings. The highest BCUT2D eigenvalue weighted by atomic mass is 16.2. The maximum atomic E-state index is 12.5. The Hall–Kier alpha value is -0.610. The summed E-state index contributed by atoms with van der Waals surface area (Å²) in [6.07, 6.45) is 7.15. The highest BCUT2D eigenvalue weighted by Gasteiger charge is 2.27. The number of hydrogen-bond acceptors (Lipinski definition) is 3. The zero-order chi connectivity index (χ0) is 15.4. The molecule has 0 radical (unpaired) electrons. The number of carbonyl (C=O) groups excluding carboxylic acids is 1. The topological polar surface area (TPSA) is 49.6 Å². The zero-order valence-electron chi connectivity index (χ0n) is 14.1. The lowest BCUT2D eigenvalue weighted by Crippen LogP contribution is -2.47. The summed E-state index contributed by atoms with van der Waals surface area (Å²) in [4.78, 5) is 16.8. The Morgan fingerprint density at radius 3 is 2.29 bits per heavy atom. The van der Waals surface area contributed by atoms with Gasteiger partial charge in [0.2, 0.25) is 5.91 Å². The molecule has 21 heavy (non-hydrogen) atoms. The molecule has 1 saturated carbocycles. The molecule has 0 aromatic rings. The van der Waals surface area contributed by atoms with Gasteiger partial charge in [-0.1, -0.05) is 6.92 Å². The molecule has 2 rings (SSSR count). The van der Waals surface area contributed by atoms with Gasteiger partial charge in [-0.2, -0.15) is 0 Å². The van der Waals surface area contributed by atoms with E-state index in [9.17, 15) is 4.79 Å². The van der Waals surface area contributed by atoms with Gasteiger partial charge in [0.1, 0.15) is 0 Å². The van der Waals surface area contributed by atoms with Gasteiger partial charge >= 0.3 is 0 Å². The van der Waals surface area contributed by atoms with Gasteiger partial charge in [-0.15, -0.1) is 0 Å². The Bertz CT molecular complexity index is 329. The van der Waals surface area contributed by atoms with Crippen LogP contribution in [0.15, 0.2) is 0 Å². The molecule has 4 heteroatoms. The van der Waals surface area contributed by atoms with Crippen LogP contribution in [0.3, 0.4) is 0 Å². The number of likely N-dealkylation sites (tertiary alicyclic amines) is 1. The molecule has 1 saturated heterocycles. The summed E-state index contributed by atoms with van der Waals surface area (Å²) < 4.78 is 0. The molecular formula is C17H33N3O. The van der Waals surface area contributed by atoms with Gasteiger partial charge in [0, 0.05) is 19.1 Å². The predicted octanol–water partition coefficient (Wildman–Crippen LogP) is 2.08. The monoisotopic (exact) mass is 295 g/mol. The third-order valence-corrected chi connectivity index (χ3v) is 5.66. The minimum Gasteiger partial charge on any atom is -0.342 e. The van der Waals surface area contributed by atoms with E-state index in [1.54, 1.807) is 0 Å². The molecule has 1 unspecified atom stereocenters. The third kappa shape index (κ3) is 4.68. The van der Waals surface area contributed by atoms with Crippen LogP contribution in [0, 0.1) is 11.8 Å². The standard InChI is InChI=1S/C17H33N3O/c1-13-4-6-16(7-5-13)19(3)17(21)12-20-10-8-15(9-11-20)14(2)18/h13-16H,4-12,18H2,1-3H3. The van der Waals surface area contributed by atoms with Crippen LogP contribution in [0.25, 0.3) is 0 Å². The number of hydrogen-bond donors (Lipinski definition) is 1. The molecule has 0 aromatic carbocycles. The summed E-state index contributed by atoms with van der Waals surface area (Å²) in [5, 5.41) is 0. The van der Waals surface area contributed by atoms with Gasteiger partial charge in [0.25, 0.3) is 0 Å². The highest BCUT2D eigenvalue weighted by Crippen LogP contribution is 2.26. The summed E-state index contributed by atoms with van der Waals surface area (Å²) in [6.45, 7) is 7.05. The van der Waals surface area contributed by atoms with Crippen LogP contribution in [0.2, 0.25) is 0 Å². The lowest BCUT2D eigenvalue weighted by Gasteiger charge is -2.37. The molecule has 0 bridgehead atoms. The van der Waals surface area contributed by atoms with Crippen LogP contribution < -0.4 is 5.73 Å². The average molecular weight is 295 g/mol. The smallest absolute Gasteiger partial charge is 0.236 e. The molecule has 4 nitrogen and oxygen atoms in total. The summed E-state index contributed by atoms with van der Waals surface area (Å²) >= 11 is 0. The summed E-state index contributed by atoms with van der Waals surface area (Å²) in [6, 6.07) is 0.755. The maximum Gasteiger partial charge on any atom is 0.236 e. The van der Waals surface area contributed by atoms with Crippen LogP contribution >= 0.6 is 0 Å². The fourth-order valence-electron chi connectivity index (χ4n) is 3.77. The minimum atomic E-state index is 0.287. The van der Waals surface area contributed by atoms with Gasteiger partial charge < -0.3 is 10.6 Å². The normalized spacial score (nSPS) is 30.1. The van der Waals surface area contributed by atoms with E-state index in [-0.39, 0.29) is 6.04 Å². The minimum absolute atomic E-state index is 0.287. The van der Waals surface area contributed by atoms with Crippen LogP contribution in [0.1, 0.15) is 52.4 Å². The van der Waals surface area contributed by atoms with Crippen molar-refractivity contribution in [2.75, 3.05) is 26.7 Å². The molecule has 0 aromatic heterocycles. The Morgan fingerprint density at radius 2 is 1.76 bits per heavy atom. The summed E-state index contributed by atoms with van der Waals surface area (Å²) in [7, 11) is 2.00. The van der Waals surface area contributed by atoms with Crippen molar-refractivity contribution in [3.05, 3.63) is 0 Å². The quantitative estimate of drug-likeness (QED) is 0.864. The molecular weight excluding hydrogens is 262 g/mol. The molecule has 1 amide bonds. The maximum absolute atomic E-state index is 12.5. The fraction of sp³-hybridized carbons (Fsp3) is 0.941. The van der Waals surface area contributed by atoms with Crippen molar-refractivity contribution in [1.29, 1.82) is 0 Å². The number of nitrogens with zero attached hydrogens (tertiary/aromatic N) is 2. The van der Waals surface area contributed by atoms with E-state index in [0.717, 1.165) is 31.8 Å². The number of nitrogens with two attached hydrogens (primary N) is 1. The van der Waals surface area contributed by atoms with Gasteiger partial charge in [0.05, 0.1) is 6.54 Å². The van der Waals surface area contributed by atoms with E-state index in [2.05, 4.69) is 18.7 Å². The van der Waals surface area contributed by atoms with E-state index >= 15 is 0 Å². The molecule has 1 aliphatic carbocycles. The van der Waals surface area contributed by atoms with Crippen LogP contribution in [-0.4, -0.2) is 54.5 Å². The summed E-state index contributed by atoms with van der Waals surface area (Å²) in [5.74, 6) is 1.77. The number of rotatable bonds is 4. The van der Waals surface area contributed by atoms with Gasteiger partial charge in [0.15, 0.2) is 0 Å². The van der Waals surface area contributed by atoms with Crippen molar-refractivity contribution >= 4 is 5.91 Å². The molecule has 1 heterocycles. The second kappa shape index (κ2) is 7.59. The van der Waals surface area contributed by atoms with Crippen molar-refractivity contribution in [1.82, 2.24) is 9.80 Å². The van der Waals surface area contributed by atoms with Gasteiger partial charge in [-0.3, -0.25) is 9.69 Å². The van der Waals surface area contributed by atoms with Crippen molar-refractivity contribution in [2.45, 2.75) is 64.5 Å². The Morgan fingerprint density at radius 1 is 1.19 bits per heavy atom. The first-order valence-electron chi connectivity index (χ1n) is 8.71. The first kappa shape index (κ1) is 16.8. The van der Waals surface area contributed by atoms with Crippen LogP contribution in [-0.2, 0) is 4.79 Å². The van der Waals surface area contributed by atoms with E-state index < -0.39 is 0 Å². The van der Waals surface area contributed by atoms with Crippen LogP contribution in [0.4, 0.5) is 0 Å². The van der Waals surface area contributed by atoms with E-state index in [0.29, 0.717) is 24.4 Å². The van der Waals surface area contributed by atoms with Crippen molar-refractivity contribution in [2.24, 2.45) is 17.6 Å². The van der Waals surface area contributed by atoms with Crippen molar-refractivity contribution in [3.63, 3.8) is 0 Å². The SMILES string of the molecule is CC1CCC(N(C)C(=O)CN2CCC(C(C)N)CC2)CC1. The molecule has 0 spiro atoms. The van der Waals surface area contributed by atoms with Crippen LogP contribution in [0.5, 0.6) is 0 Å². The Labute approximate surface area is 130 Å². The fourth-order valence-corrected chi connectivity index (χ4v) is 3.77. The molecule has 122 valence electrons. The van der Waals surface area contributed by atoms with Crippen molar-refractivity contribution in [3.8, 4) is 0 Å². The molecule has 2 N–H and O–H groups in total. The summed E-state index contributed by atoms with van der Waals surface area (Å²) in [5.41, 5.74) is 5.98. The Kier molecular flexibility index (Phi) is 6.06. The average Bonchev–Trinajstić information content (AvgIpc) is 2.47. The van der Waals surface area contributed by atoms with Gasteiger partial charge in [-0.25, -0.2) is 0 Å². The van der Waals surface area contributed by atoms with E-state index in [1.165, 1.54) is 25.7 Å². The molecule has 1 atom stereocenters. The predicted molar refractivity (Wildman–Crippen MR) is 87.0 cm³/mol. The second-order valence-electron chi connectivity index (χ2n) is 7.39. The lowest BCUT2D eigenvalue weighted by molar-refractivity contribution is -0.134. The van der Waals surface area contributed by atoms with Gasteiger partial charge in [-0.05, 0) is 70.4 Å².